The van der Waals surface area contributed by atoms with Crippen LogP contribution in [0.5, 0.6) is 0 Å². The van der Waals surface area contributed by atoms with Crippen LogP contribution in [0, 0.1) is 0 Å². The maximum absolute atomic E-state index is 7.01. The molecule has 0 saturated carbocycles. The van der Waals surface area contributed by atoms with Crippen molar-refractivity contribution in [3.05, 3.63) is 164 Å². The summed E-state index contributed by atoms with van der Waals surface area (Å²) in [4.78, 5) is 10.4. The SMILES string of the molecule is c1ccc(-c2cc(-c3cccc4c3oc3c4ccc4c3c3ccccc3n4-c3ccccc3)nc(-c3ccc4oc5ccccc5c4c3)n2)cc1. The Kier molecular flexibility index (Phi) is 5.89. The van der Waals surface area contributed by atoms with Gasteiger partial charge in [0.2, 0.25) is 0 Å². The summed E-state index contributed by atoms with van der Waals surface area (Å²) in [7, 11) is 0. The van der Waals surface area contributed by atoms with Crippen molar-refractivity contribution < 1.29 is 8.83 Å². The molecule has 5 nitrogen and oxygen atoms in total. The van der Waals surface area contributed by atoms with Crippen LogP contribution in [0.25, 0.3) is 105 Å². The van der Waals surface area contributed by atoms with Crippen molar-refractivity contribution in [3.8, 4) is 39.6 Å². The summed E-state index contributed by atoms with van der Waals surface area (Å²) < 4.78 is 15.5. The molecule has 0 fully saturated rings. The van der Waals surface area contributed by atoms with Gasteiger partial charge < -0.3 is 13.4 Å². The number of furan rings is 2. The maximum atomic E-state index is 7.01. The molecular weight excluding hydrogens is 627 g/mol. The second-order valence-corrected chi connectivity index (χ2v) is 12.9. The summed E-state index contributed by atoms with van der Waals surface area (Å²) in [6, 6.07) is 56.5. The standard InChI is InChI=1S/C46H27N3O2/c1-3-12-28(13-4-1)37-27-38(48-46(47-37)29-22-25-42-36(26-29)31-16-8-10-21-41(31)50-42)34-19-11-18-32-33-23-24-40-43(45(33)51-44(32)34)35-17-7-9-20-39(35)49(40)30-14-5-2-6-15-30/h1-27H. The van der Waals surface area contributed by atoms with Gasteiger partial charge in [-0.1, -0.05) is 97.1 Å². The number of fused-ring (bicyclic) bond motifs is 10. The lowest BCUT2D eigenvalue weighted by Crippen LogP contribution is -1.96. The fourth-order valence-electron chi connectivity index (χ4n) is 7.70. The molecule has 0 atom stereocenters. The molecule has 0 aliphatic rings. The Balaban J connectivity index is 1.17. The summed E-state index contributed by atoms with van der Waals surface area (Å²) in [5.41, 5.74) is 11.2. The van der Waals surface area contributed by atoms with E-state index in [1.54, 1.807) is 0 Å². The quantitative estimate of drug-likeness (QED) is 0.190. The number of rotatable bonds is 4. The van der Waals surface area contributed by atoms with Crippen molar-refractivity contribution >= 4 is 65.7 Å². The fraction of sp³-hybridized carbons (Fsp3) is 0. The van der Waals surface area contributed by atoms with E-state index in [-0.39, 0.29) is 0 Å². The van der Waals surface area contributed by atoms with Crippen molar-refractivity contribution in [2.45, 2.75) is 0 Å². The van der Waals surface area contributed by atoms with E-state index in [1.165, 1.54) is 0 Å². The molecule has 11 aromatic rings. The number of aromatic nitrogens is 3. The average molecular weight is 654 g/mol. The van der Waals surface area contributed by atoms with Crippen LogP contribution in [0.2, 0.25) is 0 Å². The first kappa shape index (κ1) is 27.9. The van der Waals surface area contributed by atoms with E-state index in [0.717, 1.165) is 99.4 Å². The number of hydrogen-bond donors (Lipinski definition) is 0. The molecule has 5 heteroatoms. The van der Waals surface area contributed by atoms with Crippen LogP contribution in [-0.2, 0) is 0 Å². The van der Waals surface area contributed by atoms with Gasteiger partial charge in [0.15, 0.2) is 5.82 Å². The highest BCUT2D eigenvalue weighted by Gasteiger charge is 2.21. The molecule has 0 N–H and O–H groups in total. The molecule has 0 saturated heterocycles. The summed E-state index contributed by atoms with van der Waals surface area (Å²) in [6.45, 7) is 0. The largest absolute Gasteiger partial charge is 0.456 e. The highest BCUT2D eigenvalue weighted by Crippen LogP contribution is 2.43. The minimum Gasteiger partial charge on any atom is -0.456 e. The molecule has 0 unspecified atom stereocenters. The minimum atomic E-state index is 0.639. The first-order valence-corrected chi connectivity index (χ1v) is 17.1. The van der Waals surface area contributed by atoms with Crippen molar-refractivity contribution in [3.63, 3.8) is 0 Å². The first-order chi connectivity index (χ1) is 25.3. The Bertz CT molecular complexity index is 3130. The Morgan fingerprint density at radius 2 is 1.12 bits per heavy atom. The molecule has 238 valence electrons. The van der Waals surface area contributed by atoms with E-state index >= 15 is 0 Å². The minimum absolute atomic E-state index is 0.639. The van der Waals surface area contributed by atoms with E-state index in [0.29, 0.717) is 5.82 Å². The van der Waals surface area contributed by atoms with Gasteiger partial charge in [-0.3, -0.25) is 0 Å². The van der Waals surface area contributed by atoms with Crippen molar-refractivity contribution in [1.29, 1.82) is 0 Å². The van der Waals surface area contributed by atoms with E-state index < -0.39 is 0 Å². The predicted molar refractivity (Wildman–Crippen MR) is 207 cm³/mol. The molecule has 0 radical (unpaired) electrons. The molecular formula is C46H27N3O2. The van der Waals surface area contributed by atoms with Gasteiger partial charge in [0.05, 0.1) is 27.8 Å². The van der Waals surface area contributed by atoms with Crippen LogP contribution in [0.4, 0.5) is 0 Å². The van der Waals surface area contributed by atoms with Crippen LogP contribution < -0.4 is 0 Å². The second-order valence-electron chi connectivity index (χ2n) is 12.9. The monoisotopic (exact) mass is 653 g/mol. The first-order valence-electron chi connectivity index (χ1n) is 17.1. The van der Waals surface area contributed by atoms with Gasteiger partial charge in [-0.15, -0.1) is 0 Å². The molecule has 0 bridgehead atoms. The topological polar surface area (TPSA) is 57.0 Å². The highest BCUT2D eigenvalue weighted by molar-refractivity contribution is 6.24. The molecule has 4 heterocycles. The molecule has 0 amide bonds. The lowest BCUT2D eigenvalue weighted by atomic mass is 10.0. The third kappa shape index (κ3) is 4.22. The molecule has 4 aromatic heterocycles. The van der Waals surface area contributed by atoms with Crippen molar-refractivity contribution in [1.82, 2.24) is 14.5 Å². The third-order valence-corrected chi connectivity index (χ3v) is 10.0. The van der Waals surface area contributed by atoms with Crippen LogP contribution in [-0.4, -0.2) is 14.5 Å². The third-order valence-electron chi connectivity index (χ3n) is 10.0. The highest BCUT2D eigenvalue weighted by atomic mass is 16.3. The Labute approximate surface area is 291 Å². The van der Waals surface area contributed by atoms with Gasteiger partial charge in [0, 0.05) is 49.3 Å². The van der Waals surface area contributed by atoms with Crippen LogP contribution >= 0.6 is 0 Å². The zero-order valence-corrected chi connectivity index (χ0v) is 27.2. The van der Waals surface area contributed by atoms with Crippen molar-refractivity contribution in [2.75, 3.05) is 0 Å². The zero-order chi connectivity index (χ0) is 33.5. The van der Waals surface area contributed by atoms with E-state index in [2.05, 4.69) is 120 Å². The lowest BCUT2D eigenvalue weighted by molar-refractivity contribution is 0.669. The molecule has 7 aromatic carbocycles. The molecule has 51 heavy (non-hydrogen) atoms. The van der Waals surface area contributed by atoms with Gasteiger partial charge >= 0.3 is 0 Å². The molecule has 0 aliphatic carbocycles. The Hall–Kier alpha value is -6.98. The van der Waals surface area contributed by atoms with E-state index in [9.17, 15) is 0 Å². The number of hydrogen-bond acceptors (Lipinski definition) is 4. The zero-order valence-electron chi connectivity index (χ0n) is 27.2. The summed E-state index contributed by atoms with van der Waals surface area (Å²) in [5.74, 6) is 0.639. The molecule has 11 rings (SSSR count). The summed E-state index contributed by atoms with van der Waals surface area (Å²) in [5, 5.41) is 6.49. The van der Waals surface area contributed by atoms with Crippen LogP contribution in [0.1, 0.15) is 0 Å². The summed E-state index contributed by atoms with van der Waals surface area (Å²) in [6.07, 6.45) is 0. The number of nitrogens with zero attached hydrogens (tertiary/aromatic N) is 3. The van der Waals surface area contributed by atoms with Crippen LogP contribution in [0.3, 0.4) is 0 Å². The van der Waals surface area contributed by atoms with Gasteiger partial charge in [-0.2, -0.15) is 0 Å². The Morgan fingerprint density at radius 1 is 0.412 bits per heavy atom. The van der Waals surface area contributed by atoms with Gasteiger partial charge in [-0.25, -0.2) is 9.97 Å². The summed E-state index contributed by atoms with van der Waals surface area (Å²) >= 11 is 0. The number of para-hydroxylation sites is 4. The smallest absolute Gasteiger partial charge is 0.160 e. The predicted octanol–water partition coefficient (Wildman–Crippen LogP) is 12.4. The van der Waals surface area contributed by atoms with E-state index in [1.807, 2.05) is 48.5 Å². The maximum Gasteiger partial charge on any atom is 0.160 e. The van der Waals surface area contributed by atoms with Crippen LogP contribution in [0.15, 0.2) is 173 Å². The Morgan fingerprint density at radius 3 is 2.00 bits per heavy atom. The average Bonchev–Trinajstić information content (AvgIpc) is 3.87. The normalized spacial score (nSPS) is 11.9. The van der Waals surface area contributed by atoms with E-state index in [4.69, 9.17) is 18.8 Å². The molecule has 0 aliphatic heterocycles. The van der Waals surface area contributed by atoms with Gasteiger partial charge in [0.1, 0.15) is 22.3 Å². The van der Waals surface area contributed by atoms with Gasteiger partial charge in [0.25, 0.3) is 0 Å². The van der Waals surface area contributed by atoms with Gasteiger partial charge in [-0.05, 0) is 66.7 Å². The number of benzene rings is 7. The molecule has 0 spiro atoms. The second kappa shape index (κ2) is 10.8. The lowest BCUT2D eigenvalue weighted by Gasteiger charge is -2.10. The fourth-order valence-corrected chi connectivity index (χ4v) is 7.70. The van der Waals surface area contributed by atoms with Crippen molar-refractivity contribution in [2.24, 2.45) is 0 Å².